The van der Waals surface area contributed by atoms with Crippen LogP contribution in [0.15, 0.2) is 24.3 Å². The van der Waals surface area contributed by atoms with E-state index in [2.05, 4.69) is 11.4 Å². The topological polar surface area (TPSA) is 88.4 Å². The van der Waals surface area contributed by atoms with E-state index in [0.717, 1.165) is 11.1 Å². The number of hydrogen-bond donors (Lipinski definition) is 1. The molecule has 1 aromatic rings. The summed E-state index contributed by atoms with van der Waals surface area (Å²) < 4.78 is 9.66. The number of carbonyl (C=O) groups is 2. The number of esters is 1. The van der Waals surface area contributed by atoms with Crippen molar-refractivity contribution >= 4 is 12.1 Å². The van der Waals surface area contributed by atoms with Crippen LogP contribution in [0.25, 0.3) is 0 Å². The molecule has 23 heavy (non-hydrogen) atoms. The molecule has 124 valence electrons. The molecule has 0 aromatic heterocycles. The average molecular weight is 318 g/mol. The van der Waals surface area contributed by atoms with E-state index in [4.69, 9.17) is 14.7 Å². The van der Waals surface area contributed by atoms with E-state index in [1.807, 2.05) is 24.3 Å². The van der Waals surface area contributed by atoms with Gasteiger partial charge >= 0.3 is 12.1 Å². The van der Waals surface area contributed by atoms with E-state index in [9.17, 15) is 9.59 Å². The van der Waals surface area contributed by atoms with Crippen LogP contribution in [0.1, 0.15) is 31.9 Å². The lowest BCUT2D eigenvalue weighted by Gasteiger charge is -2.20. The van der Waals surface area contributed by atoms with E-state index < -0.39 is 23.8 Å². The second-order valence-electron chi connectivity index (χ2n) is 6.08. The maximum atomic E-state index is 12.0. The fourth-order valence-electron chi connectivity index (χ4n) is 1.85. The fraction of sp³-hybridized carbons (Fsp3) is 0.471. The second-order valence-corrected chi connectivity index (χ2v) is 6.08. The van der Waals surface area contributed by atoms with Crippen LogP contribution in [0.3, 0.4) is 0 Å². The number of benzene rings is 1. The number of hydrogen-bond acceptors (Lipinski definition) is 6. The third-order valence-corrected chi connectivity index (χ3v) is 2.95. The summed E-state index contributed by atoms with van der Waals surface area (Å²) in [6.45, 7) is 5.07. The van der Waals surface area contributed by atoms with E-state index >= 15 is 0 Å². The lowest BCUT2D eigenvalue weighted by molar-refractivity contribution is -0.143. The molecule has 1 atom stereocenters. The van der Waals surface area contributed by atoms with Gasteiger partial charge in [0.25, 0.3) is 0 Å². The minimum Gasteiger partial charge on any atom is -0.428 e. The summed E-state index contributed by atoms with van der Waals surface area (Å²) in [6.07, 6.45) is -0.298. The van der Waals surface area contributed by atoms with Gasteiger partial charge < -0.3 is 14.8 Å². The van der Waals surface area contributed by atoms with Crippen molar-refractivity contribution in [3.05, 3.63) is 35.4 Å². The van der Waals surface area contributed by atoms with Gasteiger partial charge in [0.2, 0.25) is 0 Å². The minimum absolute atomic E-state index is 0.344. The Morgan fingerprint density at radius 1 is 1.22 bits per heavy atom. The van der Waals surface area contributed by atoms with E-state index in [1.54, 1.807) is 27.8 Å². The number of nitriles is 1. The number of carbonyl (C=O) groups excluding carboxylic acids is 2. The monoisotopic (exact) mass is 318 g/mol. The first-order valence-electron chi connectivity index (χ1n) is 7.32. The molecule has 0 aliphatic carbocycles. The van der Waals surface area contributed by atoms with Crippen molar-refractivity contribution in [2.45, 2.75) is 45.3 Å². The second kappa shape index (κ2) is 8.30. The Hall–Kier alpha value is -2.39. The molecule has 1 rings (SSSR count). The van der Waals surface area contributed by atoms with Crippen LogP contribution in [0.4, 0.5) is 4.79 Å². The molecule has 0 fully saturated rings. The number of nitrogens with zero attached hydrogens (tertiary/aromatic N) is 1. The Labute approximate surface area is 136 Å². The van der Waals surface area contributed by atoms with Gasteiger partial charge in [0.05, 0.1) is 12.5 Å². The van der Waals surface area contributed by atoms with Crippen molar-refractivity contribution in [2.24, 2.45) is 0 Å². The van der Waals surface area contributed by atoms with Gasteiger partial charge in [-0.3, -0.25) is 0 Å². The lowest BCUT2D eigenvalue weighted by atomic mass is 10.0. The van der Waals surface area contributed by atoms with Crippen LogP contribution >= 0.6 is 0 Å². The van der Waals surface area contributed by atoms with Gasteiger partial charge in [-0.1, -0.05) is 24.3 Å². The normalized spacial score (nSPS) is 12.1. The molecule has 1 aromatic carbocycles. The molecule has 0 saturated carbocycles. The van der Waals surface area contributed by atoms with Crippen LogP contribution in [-0.2, 0) is 27.1 Å². The summed E-state index contributed by atoms with van der Waals surface area (Å²) in [6, 6.07) is 8.78. The Balaban J connectivity index is 2.63. The largest absolute Gasteiger partial charge is 0.516 e. The zero-order valence-corrected chi connectivity index (χ0v) is 13.9. The van der Waals surface area contributed by atoms with Gasteiger partial charge in [-0.2, -0.15) is 5.26 Å². The highest BCUT2D eigenvalue weighted by Gasteiger charge is 2.25. The molecule has 6 heteroatoms. The van der Waals surface area contributed by atoms with E-state index in [-0.39, 0.29) is 0 Å². The summed E-state index contributed by atoms with van der Waals surface area (Å²) >= 11 is 0. The molecule has 0 radical (unpaired) electrons. The zero-order valence-electron chi connectivity index (χ0n) is 13.9. The van der Waals surface area contributed by atoms with Crippen molar-refractivity contribution in [3.63, 3.8) is 0 Å². The third-order valence-electron chi connectivity index (χ3n) is 2.95. The number of ether oxygens (including phenoxy) is 2. The Morgan fingerprint density at radius 2 is 1.78 bits per heavy atom. The maximum absolute atomic E-state index is 12.0. The van der Waals surface area contributed by atoms with Gasteiger partial charge in [0, 0.05) is 0 Å². The molecular weight excluding hydrogens is 296 g/mol. The van der Waals surface area contributed by atoms with Crippen molar-refractivity contribution < 1.29 is 19.1 Å². The predicted molar refractivity (Wildman–Crippen MR) is 84.6 cm³/mol. The highest BCUT2D eigenvalue weighted by atomic mass is 16.7. The predicted octanol–water partition coefficient (Wildman–Crippen LogP) is 2.36. The molecule has 6 nitrogen and oxygen atoms in total. The van der Waals surface area contributed by atoms with E-state index in [0.29, 0.717) is 12.8 Å². The van der Waals surface area contributed by atoms with Gasteiger partial charge in [-0.15, -0.1) is 0 Å². The quantitative estimate of drug-likeness (QED) is 0.662. The SMILES string of the molecule is CN[C@@H](Cc1ccc(CC#N)cc1)C(=O)OC(=O)OC(C)(C)C. The molecule has 0 spiro atoms. The molecule has 0 unspecified atom stereocenters. The first kappa shape index (κ1) is 18.7. The molecule has 0 aliphatic heterocycles. The first-order chi connectivity index (χ1) is 10.7. The maximum Gasteiger partial charge on any atom is 0.516 e. The smallest absolute Gasteiger partial charge is 0.428 e. The van der Waals surface area contributed by atoms with E-state index in [1.165, 1.54) is 0 Å². The fourth-order valence-corrected chi connectivity index (χ4v) is 1.85. The van der Waals surface area contributed by atoms with Crippen molar-refractivity contribution in [3.8, 4) is 6.07 Å². The Kier molecular flexibility index (Phi) is 6.73. The molecule has 0 aliphatic rings. The Morgan fingerprint density at radius 3 is 2.26 bits per heavy atom. The minimum atomic E-state index is -1.01. The first-order valence-corrected chi connectivity index (χ1v) is 7.32. The number of rotatable bonds is 5. The zero-order chi connectivity index (χ0) is 17.5. The standard InChI is InChI=1S/C17H22N2O4/c1-17(2,3)23-16(21)22-15(20)14(19-4)11-13-7-5-12(6-8-13)9-10-18/h5-8,14,19H,9,11H2,1-4H3/t14-/m0/s1. The third kappa shape index (κ3) is 6.94. The van der Waals surface area contributed by atoms with Crippen LogP contribution in [0, 0.1) is 11.3 Å². The summed E-state index contributed by atoms with van der Waals surface area (Å²) in [5, 5.41) is 11.5. The van der Waals surface area contributed by atoms with Crippen LogP contribution in [-0.4, -0.2) is 30.8 Å². The highest BCUT2D eigenvalue weighted by Crippen LogP contribution is 2.11. The van der Waals surface area contributed by atoms with Crippen LogP contribution in [0.5, 0.6) is 0 Å². The van der Waals surface area contributed by atoms with Gasteiger partial charge in [-0.05, 0) is 45.4 Å². The molecule has 0 heterocycles. The van der Waals surface area contributed by atoms with Crippen LogP contribution < -0.4 is 5.32 Å². The molecule has 1 N–H and O–H groups in total. The van der Waals surface area contributed by atoms with Crippen LogP contribution in [0.2, 0.25) is 0 Å². The van der Waals surface area contributed by atoms with Crippen molar-refractivity contribution in [1.29, 1.82) is 5.26 Å². The number of likely N-dealkylation sites (N-methyl/N-ethyl adjacent to an activating group) is 1. The summed E-state index contributed by atoms with van der Waals surface area (Å²) in [4.78, 5) is 23.6. The van der Waals surface area contributed by atoms with Crippen molar-refractivity contribution in [2.75, 3.05) is 7.05 Å². The average Bonchev–Trinajstić information content (AvgIpc) is 2.44. The highest BCUT2D eigenvalue weighted by molar-refractivity contribution is 5.85. The molecule has 0 amide bonds. The van der Waals surface area contributed by atoms with Gasteiger partial charge in [0.15, 0.2) is 0 Å². The molecule has 0 saturated heterocycles. The summed E-state index contributed by atoms with van der Waals surface area (Å²) in [7, 11) is 1.62. The summed E-state index contributed by atoms with van der Waals surface area (Å²) in [5.41, 5.74) is 1.09. The van der Waals surface area contributed by atoms with Crippen molar-refractivity contribution in [1.82, 2.24) is 5.32 Å². The summed E-state index contributed by atoms with van der Waals surface area (Å²) in [5.74, 6) is -0.692. The lowest BCUT2D eigenvalue weighted by Crippen LogP contribution is -2.39. The van der Waals surface area contributed by atoms with Gasteiger partial charge in [0.1, 0.15) is 11.6 Å². The number of nitrogens with one attached hydrogen (secondary N) is 1. The molecular formula is C17H22N2O4. The van der Waals surface area contributed by atoms with Gasteiger partial charge in [-0.25, -0.2) is 9.59 Å². The Bertz CT molecular complexity index is 582. The molecule has 0 bridgehead atoms.